The van der Waals surface area contributed by atoms with Gasteiger partial charge in [-0.1, -0.05) is 18.2 Å². The molecule has 0 saturated carbocycles. The highest BCUT2D eigenvalue weighted by Crippen LogP contribution is 2.32. The summed E-state index contributed by atoms with van der Waals surface area (Å²) >= 11 is 0. The van der Waals surface area contributed by atoms with Gasteiger partial charge in [-0.2, -0.15) is 13.2 Å². The van der Waals surface area contributed by atoms with Gasteiger partial charge >= 0.3 is 6.18 Å². The van der Waals surface area contributed by atoms with Crippen LogP contribution in [0, 0.1) is 0 Å². The number of ether oxygens (including phenoxy) is 2. The van der Waals surface area contributed by atoms with Gasteiger partial charge in [-0.15, -0.1) is 0 Å². The first-order chi connectivity index (χ1) is 16.4. The summed E-state index contributed by atoms with van der Waals surface area (Å²) in [5.74, 6) is 1.57. The Kier molecular flexibility index (Phi) is 6.24. The van der Waals surface area contributed by atoms with E-state index in [1.165, 1.54) is 6.07 Å². The highest BCUT2D eigenvalue weighted by atomic mass is 19.4. The molecule has 3 aliphatic heterocycles. The van der Waals surface area contributed by atoms with Crippen LogP contribution in [0.4, 0.5) is 19.0 Å². The molecular weight excluding hydrogens is 449 g/mol. The van der Waals surface area contributed by atoms with Gasteiger partial charge in [0.05, 0.1) is 0 Å². The number of fused-ring (bicyclic) bond motifs is 1. The van der Waals surface area contributed by atoms with Gasteiger partial charge in [-0.05, 0) is 37.1 Å². The molecule has 0 aliphatic carbocycles. The number of amides is 1. The molecule has 1 atom stereocenters. The van der Waals surface area contributed by atoms with Crippen molar-refractivity contribution in [3.05, 3.63) is 48.2 Å². The molecule has 10 heteroatoms. The lowest BCUT2D eigenvalue weighted by atomic mass is 10.0. The number of carbonyl (C=O) groups excluding carboxylic acids is 1. The first kappa shape index (κ1) is 22.8. The molecule has 182 valence electrons. The zero-order valence-electron chi connectivity index (χ0n) is 18.7. The van der Waals surface area contributed by atoms with Crippen LogP contribution in [0.2, 0.25) is 0 Å². The molecule has 1 unspecified atom stereocenters. The van der Waals surface area contributed by atoms with E-state index in [-0.39, 0.29) is 12.5 Å². The lowest BCUT2D eigenvalue weighted by molar-refractivity contribution is -0.143. The van der Waals surface area contributed by atoms with E-state index in [2.05, 4.69) is 9.88 Å². The number of likely N-dealkylation sites (tertiary alicyclic amines) is 1. The van der Waals surface area contributed by atoms with Crippen LogP contribution in [-0.2, 0) is 11.0 Å². The Balaban J connectivity index is 1.11. The third-order valence-electron chi connectivity index (χ3n) is 6.74. The predicted octanol–water partition coefficient (Wildman–Crippen LogP) is 3.05. The average molecular weight is 476 g/mol. The fourth-order valence-corrected chi connectivity index (χ4v) is 4.87. The van der Waals surface area contributed by atoms with Crippen LogP contribution in [0.3, 0.4) is 0 Å². The van der Waals surface area contributed by atoms with Gasteiger partial charge in [0.1, 0.15) is 18.1 Å². The van der Waals surface area contributed by atoms with Crippen molar-refractivity contribution in [3.63, 3.8) is 0 Å². The molecule has 1 amide bonds. The van der Waals surface area contributed by atoms with E-state index in [4.69, 9.17) is 9.47 Å². The number of rotatable bonds is 3. The molecular formula is C24H27F3N4O3. The first-order valence-corrected chi connectivity index (χ1v) is 11.6. The SMILES string of the molecule is O=C(C1COc2ccccc2O1)N1CCC(N2CCN(c3cccc(C(F)(F)F)n3)CC2)CC1. The highest BCUT2D eigenvalue weighted by Gasteiger charge is 2.36. The van der Waals surface area contributed by atoms with Crippen molar-refractivity contribution in [2.24, 2.45) is 0 Å². The maximum absolute atomic E-state index is 13.0. The van der Waals surface area contributed by atoms with Gasteiger partial charge < -0.3 is 19.3 Å². The first-order valence-electron chi connectivity index (χ1n) is 11.6. The van der Waals surface area contributed by atoms with E-state index in [1.807, 2.05) is 28.0 Å². The molecule has 1 aromatic carbocycles. The van der Waals surface area contributed by atoms with Crippen molar-refractivity contribution < 1.29 is 27.4 Å². The van der Waals surface area contributed by atoms with Gasteiger partial charge in [0.25, 0.3) is 5.91 Å². The van der Waals surface area contributed by atoms with E-state index in [9.17, 15) is 18.0 Å². The third kappa shape index (κ3) is 4.77. The minimum atomic E-state index is -4.44. The Morgan fingerprint density at radius 1 is 0.912 bits per heavy atom. The Bertz CT molecular complexity index is 1020. The van der Waals surface area contributed by atoms with E-state index in [0.717, 1.165) is 32.0 Å². The number of piperazine rings is 1. The van der Waals surface area contributed by atoms with Crippen molar-refractivity contribution in [1.82, 2.24) is 14.8 Å². The molecule has 34 heavy (non-hydrogen) atoms. The lowest BCUT2D eigenvalue weighted by Gasteiger charge is -2.43. The quantitative estimate of drug-likeness (QED) is 0.679. The van der Waals surface area contributed by atoms with E-state index < -0.39 is 18.0 Å². The maximum Gasteiger partial charge on any atom is 0.433 e. The van der Waals surface area contributed by atoms with Crippen LogP contribution in [0.1, 0.15) is 18.5 Å². The minimum Gasteiger partial charge on any atom is -0.485 e. The number of hydrogen-bond acceptors (Lipinski definition) is 6. The van der Waals surface area contributed by atoms with Crippen LogP contribution < -0.4 is 14.4 Å². The van der Waals surface area contributed by atoms with E-state index in [1.54, 1.807) is 12.1 Å². The second-order valence-corrected chi connectivity index (χ2v) is 8.82. The Morgan fingerprint density at radius 2 is 1.62 bits per heavy atom. The second kappa shape index (κ2) is 9.32. The molecule has 3 aliphatic rings. The number of nitrogens with zero attached hydrogens (tertiary/aromatic N) is 4. The van der Waals surface area contributed by atoms with Crippen molar-refractivity contribution in [1.29, 1.82) is 0 Å². The van der Waals surface area contributed by atoms with Crippen LogP contribution in [0.25, 0.3) is 0 Å². The number of anilines is 1. The van der Waals surface area contributed by atoms with Gasteiger partial charge in [0, 0.05) is 45.3 Å². The van der Waals surface area contributed by atoms with Crippen LogP contribution >= 0.6 is 0 Å². The molecule has 0 radical (unpaired) electrons. The van der Waals surface area contributed by atoms with Crippen LogP contribution in [-0.4, -0.2) is 78.7 Å². The van der Waals surface area contributed by atoms with Gasteiger partial charge in [0.15, 0.2) is 11.5 Å². The fourth-order valence-electron chi connectivity index (χ4n) is 4.87. The lowest BCUT2D eigenvalue weighted by Crippen LogP contribution is -2.55. The summed E-state index contributed by atoms with van der Waals surface area (Å²) in [6, 6.07) is 11.7. The van der Waals surface area contributed by atoms with Crippen molar-refractivity contribution in [3.8, 4) is 11.5 Å². The molecule has 2 aromatic rings. The van der Waals surface area contributed by atoms with Gasteiger partial charge in [-0.25, -0.2) is 4.98 Å². The van der Waals surface area contributed by atoms with E-state index >= 15 is 0 Å². The standard InChI is InChI=1S/C24H27F3N4O3/c25-24(26,27)21-6-3-7-22(28-21)30-14-12-29(13-15-30)17-8-10-31(11-9-17)23(32)20-16-33-18-4-1-2-5-19(18)34-20/h1-7,17,20H,8-16H2. The summed E-state index contributed by atoms with van der Waals surface area (Å²) in [5.41, 5.74) is -0.861. The number of aromatic nitrogens is 1. The predicted molar refractivity (Wildman–Crippen MR) is 119 cm³/mol. The Labute approximate surface area is 196 Å². The molecule has 5 rings (SSSR count). The number of piperidine rings is 1. The number of para-hydroxylation sites is 2. The number of hydrogen-bond donors (Lipinski definition) is 0. The van der Waals surface area contributed by atoms with Crippen LogP contribution in [0.15, 0.2) is 42.5 Å². The van der Waals surface area contributed by atoms with Crippen molar-refractivity contribution >= 4 is 11.7 Å². The van der Waals surface area contributed by atoms with Gasteiger partial charge in [-0.3, -0.25) is 9.69 Å². The minimum absolute atomic E-state index is 0.0478. The zero-order valence-corrected chi connectivity index (χ0v) is 18.7. The molecule has 4 heterocycles. The third-order valence-corrected chi connectivity index (χ3v) is 6.74. The highest BCUT2D eigenvalue weighted by molar-refractivity contribution is 5.82. The number of carbonyl (C=O) groups is 1. The largest absolute Gasteiger partial charge is 0.485 e. The molecule has 0 spiro atoms. The molecule has 7 nitrogen and oxygen atoms in total. The topological polar surface area (TPSA) is 58.1 Å². The van der Waals surface area contributed by atoms with E-state index in [0.29, 0.717) is 49.5 Å². The summed E-state index contributed by atoms with van der Waals surface area (Å²) in [5, 5.41) is 0. The summed E-state index contributed by atoms with van der Waals surface area (Å²) in [6.45, 7) is 4.28. The summed E-state index contributed by atoms with van der Waals surface area (Å²) in [6.07, 6.45) is -3.36. The Hall–Kier alpha value is -3.01. The second-order valence-electron chi connectivity index (χ2n) is 8.82. The average Bonchev–Trinajstić information content (AvgIpc) is 2.88. The van der Waals surface area contributed by atoms with Crippen molar-refractivity contribution in [2.45, 2.75) is 31.2 Å². The monoisotopic (exact) mass is 476 g/mol. The number of halogens is 3. The number of alkyl halides is 3. The van der Waals surface area contributed by atoms with Crippen molar-refractivity contribution in [2.75, 3.05) is 50.8 Å². The molecule has 2 fully saturated rings. The van der Waals surface area contributed by atoms with Crippen LogP contribution in [0.5, 0.6) is 11.5 Å². The molecule has 0 bridgehead atoms. The zero-order chi connectivity index (χ0) is 23.7. The number of pyridine rings is 1. The molecule has 2 saturated heterocycles. The normalized spacial score (nSPS) is 22.0. The fraction of sp³-hybridized carbons (Fsp3) is 0.500. The molecule has 0 N–H and O–H groups in total. The summed E-state index contributed by atoms with van der Waals surface area (Å²) in [7, 11) is 0. The Morgan fingerprint density at radius 3 is 2.32 bits per heavy atom. The maximum atomic E-state index is 13.0. The summed E-state index contributed by atoms with van der Waals surface area (Å²) < 4.78 is 50.5. The number of benzene rings is 1. The smallest absolute Gasteiger partial charge is 0.433 e. The van der Waals surface area contributed by atoms with Gasteiger partial charge in [0.2, 0.25) is 6.10 Å². The summed E-state index contributed by atoms with van der Waals surface area (Å²) in [4.78, 5) is 22.9. The molecule has 1 aromatic heterocycles.